The molecule has 0 aliphatic rings. The first-order valence-electron chi connectivity index (χ1n) is 4.33. The lowest BCUT2D eigenvalue weighted by Gasteiger charge is -2.07. The number of aliphatic carboxylic acids is 1. The monoisotopic (exact) mass is 257 g/mol. The van der Waals surface area contributed by atoms with Crippen LogP contribution >= 0.6 is 15.9 Å². The predicted octanol–water partition coefficient (Wildman–Crippen LogP) is 1.79. The third-order valence-electron chi connectivity index (χ3n) is 2.00. The quantitative estimate of drug-likeness (QED) is 0.865. The molecule has 76 valence electrons. The Labute approximate surface area is 91.1 Å². The molecule has 4 heteroatoms. The second-order valence-corrected chi connectivity index (χ2v) is 3.93. The summed E-state index contributed by atoms with van der Waals surface area (Å²) in [5, 5.41) is 8.59. The molecule has 0 saturated heterocycles. The zero-order chi connectivity index (χ0) is 10.6. The number of nitrogens with two attached hydrogens (primary N) is 1. The van der Waals surface area contributed by atoms with Crippen molar-refractivity contribution in [1.82, 2.24) is 0 Å². The molecule has 0 heterocycles. The third-order valence-corrected chi connectivity index (χ3v) is 2.77. The summed E-state index contributed by atoms with van der Waals surface area (Å²) < 4.78 is 0.998. The maximum Gasteiger partial charge on any atom is 0.320 e. The first-order chi connectivity index (χ1) is 6.61. The average Bonchev–Trinajstić information content (AvgIpc) is 2.16. The number of benzene rings is 1. The van der Waals surface area contributed by atoms with Crippen LogP contribution in [0.15, 0.2) is 28.7 Å². The van der Waals surface area contributed by atoms with Gasteiger partial charge >= 0.3 is 5.97 Å². The highest BCUT2D eigenvalue weighted by Gasteiger charge is 2.11. The summed E-state index contributed by atoms with van der Waals surface area (Å²) in [4.78, 5) is 10.5. The first kappa shape index (κ1) is 11.2. The molecule has 3 N–H and O–H groups in total. The molecule has 0 radical (unpaired) electrons. The van der Waals surface area contributed by atoms with Crippen molar-refractivity contribution in [2.45, 2.75) is 18.9 Å². The lowest BCUT2D eigenvalue weighted by molar-refractivity contribution is -0.138. The topological polar surface area (TPSA) is 63.3 Å². The van der Waals surface area contributed by atoms with Gasteiger partial charge in [-0.15, -0.1) is 0 Å². The van der Waals surface area contributed by atoms with Crippen molar-refractivity contribution in [1.29, 1.82) is 0 Å². The van der Waals surface area contributed by atoms with Gasteiger partial charge in [-0.05, 0) is 24.5 Å². The molecule has 0 fully saturated rings. The molecule has 0 spiro atoms. The van der Waals surface area contributed by atoms with E-state index in [1.807, 2.05) is 24.3 Å². The van der Waals surface area contributed by atoms with Crippen molar-refractivity contribution in [2.75, 3.05) is 0 Å². The van der Waals surface area contributed by atoms with Gasteiger partial charge in [-0.25, -0.2) is 0 Å². The smallest absolute Gasteiger partial charge is 0.320 e. The molecule has 1 atom stereocenters. The van der Waals surface area contributed by atoms with Crippen molar-refractivity contribution in [3.63, 3.8) is 0 Å². The molecular weight excluding hydrogens is 246 g/mol. The molecule has 1 aromatic carbocycles. The molecule has 0 aliphatic heterocycles. The van der Waals surface area contributed by atoms with Crippen LogP contribution in [0.25, 0.3) is 0 Å². The van der Waals surface area contributed by atoms with Gasteiger partial charge in [-0.3, -0.25) is 4.79 Å². The number of carboxylic acids is 1. The summed E-state index contributed by atoms with van der Waals surface area (Å²) >= 11 is 3.40. The van der Waals surface area contributed by atoms with E-state index in [-0.39, 0.29) is 0 Å². The normalized spacial score (nSPS) is 12.4. The van der Waals surface area contributed by atoms with Gasteiger partial charge in [0.05, 0.1) is 0 Å². The SMILES string of the molecule is N[C@@H](CCc1ccccc1Br)C(=O)O. The van der Waals surface area contributed by atoms with Crippen molar-refractivity contribution >= 4 is 21.9 Å². The number of rotatable bonds is 4. The molecule has 0 saturated carbocycles. The van der Waals surface area contributed by atoms with Gasteiger partial charge in [-0.2, -0.15) is 0 Å². The van der Waals surface area contributed by atoms with Gasteiger partial charge in [0, 0.05) is 4.47 Å². The van der Waals surface area contributed by atoms with E-state index in [2.05, 4.69) is 15.9 Å². The Hall–Kier alpha value is -0.870. The Morgan fingerprint density at radius 3 is 2.71 bits per heavy atom. The Morgan fingerprint density at radius 1 is 1.50 bits per heavy atom. The van der Waals surface area contributed by atoms with Crippen molar-refractivity contribution < 1.29 is 9.90 Å². The maximum atomic E-state index is 10.5. The minimum absolute atomic E-state index is 0.456. The van der Waals surface area contributed by atoms with Crippen LogP contribution < -0.4 is 5.73 Å². The Morgan fingerprint density at radius 2 is 2.14 bits per heavy atom. The highest BCUT2D eigenvalue weighted by Crippen LogP contribution is 2.17. The van der Waals surface area contributed by atoms with Gasteiger partial charge in [0.25, 0.3) is 0 Å². The fourth-order valence-corrected chi connectivity index (χ4v) is 1.62. The van der Waals surface area contributed by atoms with E-state index >= 15 is 0 Å². The molecule has 1 rings (SSSR count). The van der Waals surface area contributed by atoms with Crippen LogP contribution in [0.5, 0.6) is 0 Å². The Bertz CT molecular complexity index is 328. The average molecular weight is 258 g/mol. The van der Waals surface area contributed by atoms with Crippen LogP contribution in [0, 0.1) is 0 Å². The molecule has 0 amide bonds. The van der Waals surface area contributed by atoms with E-state index in [9.17, 15) is 4.79 Å². The lowest BCUT2D eigenvalue weighted by atomic mass is 10.1. The minimum Gasteiger partial charge on any atom is -0.480 e. The summed E-state index contributed by atoms with van der Waals surface area (Å²) in [6.07, 6.45) is 1.13. The second-order valence-electron chi connectivity index (χ2n) is 3.07. The summed E-state index contributed by atoms with van der Waals surface area (Å²) in [5.74, 6) is -0.947. The Kier molecular flexibility index (Phi) is 4.10. The second kappa shape index (κ2) is 5.12. The number of carbonyl (C=O) groups is 1. The molecule has 1 aromatic rings. The molecule has 0 unspecified atom stereocenters. The van der Waals surface area contributed by atoms with E-state index in [1.165, 1.54) is 0 Å². The minimum atomic E-state index is -0.947. The van der Waals surface area contributed by atoms with Crippen molar-refractivity contribution in [2.24, 2.45) is 5.73 Å². The van der Waals surface area contributed by atoms with Gasteiger partial charge in [0.2, 0.25) is 0 Å². The zero-order valence-electron chi connectivity index (χ0n) is 7.61. The standard InChI is InChI=1S/C10H12BrNO2/c11-8-4-2-1-3-7(8)5-6-9(12)10(13)14/h1-4,9H,5-6,12H2,(H,13,14)/t9-/m0/s1. The number of aryl methyl sites for hydroxylation is 1. The molecule has 14 heavy (non-hydrogen) atoms. The largest absolute Gasteiger partial charge is 0.480 e. The number of halogens is 1. The van der Waals surface area contributed by atoms with Gasteiger partial charge in [-0.1, -0.05) is 34.1 Å². The number of carboxylic acid groups (broad SMARTS) is 1. The Balaban J connectivity index is 2.54. The van der Waals surface area contributed by atoms with Gasteiger partial charge < -0.3 is 10.8 Å². The van der Waals surface area contributed by atoms with E-state index in [0.29, 0.717) is 12.8 Å². The van der Waals surface area contributed by atoms with Crippen LogP contribution in [-0.4, -0.2) is 17.1 Å². The van der Waals surface area contributed by atoms with Crippen LogP contribution in [0.3, 0.4) is 0 Å². The van der Waals surface area contributed by atoms with Crippen LogP contribution in [0.4, 0.5) is 0 Å². The highest BCUT2D eigenvalue weighted by atomic mass is 79.9. The van der Waals surface area contributed by atoms with E-state index in [0.717, 1.165) is 10.0 Å². The van der Waals surface area contributed by atoms with Crippen LogP contribution in [0.1, 0.15) is 12.0 Å². The molecular formula is C10H12BrNO2. The van der Waals surface area contributed by atoms with E-state index < -0.39 is 12.0 Å². The predicted molar refractivity (Wildman–Crippen MR) is 58.1 cm³/mol. The van der Waals surface area contributed by atoms with E-state index in [1.54, 1.807) is 0 Å². The summed E-state index contributed by atoms with van der Waals surface area (Å²) in [7, 11) is 0. The first-order valence-corrected chi connectivity index (χ1v) is 5.12. The summed E-state index contributed by atoms with van der Waals surface area (Å²) in [5.41, 5.74) is 6.49. The summed E-state index contributed by atoms with van der Waals surface area (Å²) in [6, 6.07) is 6.96. The highest BCUT2D eigenvalue weighted by molar-refractivity contribution is 9.10. The fraction of sp³-hybridized carbons (Fsp3) is 0.300. The molecule has 0 bridgehead atoms. The van der Waals surface area contributed by atoms with Crippen LogP contribution in [-0.2, 0) is 11.2 Å². The van der Waals surface area contributed by atoms with Crippen molar-refractivity contribution in [3.05, 3.63) is 34.3 Å². The zero-order valence-corrected chi connectivity index (χ0v) is 9.20. The van der Waals surface area contributed by atoms with Gasteiger partial charge in [0.1, 0.15) is 6.04 Å². The summed E-state index contributed by atoms with van der Waals surface area (Å²) in [6.45, 7) is 0. The molecule has 3 nitrogen and oxygen atoms in total. The lowest BCUT2D eigenvalue weighted by Crippen LogP contribution is -2.30. The van der Waals surface area contributed by atoms with Gasteiger partial charge in [0.15, 0.2) is 0 Å². The fourth-order valence-electron chi connectivity index (χ4n) is 1.14. The molecule has 0 aromatic heterocycles. The van der Waals surface area contributed by atoms with Crippen molar-refractivity contribution in [3.8, 4) is 0 Å². The van der Waals surface area contributed by atoms with Crippen LogP contribution in [0.2, 0.25) is 0 Å². The third kappa shape index (κ3) is 3.12. The number of hydrogen-bond acceptors (Lipinski definition) is 2. The number of hydrogen-bond donors (Lipinski definition) is 2. The van der Waals surface area contributed by atoms with E-state index in [4.69, 9.17) is 10.8 Å². The maximum absolute atomic E-state index is 10.5. The molecule has 0 aliphatic carbocycles.